The van der Waals surface area contributed by atoms with Crippen LogP contribution in [0, 0.1) is 6.92 Å². The SMILES string of the molecule is Cc1ccccc1NC(=O)c1cc(-c2ccccn2)nc2ccccc12. The number of amides is 1. The van der Waals surface area contributed by atoms with E-state index in [1.54, 1.807) is 12.3 Å². The predicted octanol–water partition coefficient (Wildman–Crippen LogP) is 4.86. The van der Waals surface area contributed by atoms with Crippen LogP contribution in [0.3, 0.4) is 0 Å². The van der Waals surface area contributed by atoms with Crippen LogP contribution in [-0.4, -0.2) is 15.9 Å². The van der Waals surface area contributed by atoms with Gasteiger partial charge >= 0.3 is 0 Å². The van der Waals surface area contributed by atoms with Crippen LogP contribution in [0.15, 0.2) is 79.0 Å². The number of pyridine rings is 2. The van der Waals surface area contributed by atoms with E-state index in [9.17, 15) is 4.79 Å². The van der Waals surface area contributed by atoms with Crippen LogP contribution in [0.1, 0.15) is 15.9 Å². The van der Waals surface area contributed by atoms with Gasteiger partial charge in [-0.05, 0) is 42.8 Å². The number of aryl methyl sites for hydroxylation is 1. The van der Waals surface area contributed by atoms with Gasteiger partial charge in [-0.2, -0.15) is 0 Å². The quantitative estimate of drug-likeness (QED) is 0.580. The van der Waals surface area contributed by atoms with Gasteiger partial charge in [0.15, 0.2) is 0 Å². The summed E-state index contributed by atoms with van der Waals surface area (Å²) in [6.45, 7) is 1.97. The first-order valence-corrected chi connectivity index (χ1v) is 8.40. The molecule has 4 aromatic rings. The molecule has 0 aliphatic carbocycles. The maximum absolute atomic E-state index is 13.0. The summed E-state index contributed by atoms with van der Waals surface area (Å²) in [5.74, 6) is -0.157. The first-order chi connectivity index (χ1) is 12.7. The molecule has 0 atom stereocenters. The van der Waals surface area contributed by atoms with E-state index in [0.717, 1.165) is 27.8 Å². The highest BCUT2D eigenvalue weighted by atomic mass is 16.1. The lowest BCUT2D eigenvalue weighted by Gasteiger charge is -2.11. The summed E-state index contributed by atoms with van der Waals surface area (Å²) in [7, 11) is 0. The highest BCUT2D eigenvalue weighted by Crippen LogP contribution is 2.25. The number of anilines is 1. The fourth-order valence-corrected chi connectivity index (χ4v) is 2.91. The van der Waals surface area contributed by atoms with Crippen LogP contribution in [0.2, 0.25) is 0 Å². The zero-order valence-electron chi connectivity index (χ0n) is 14.3. The largest absolute Gasteiger partial charge is 0.322 e. The Hall–Kier alpha value is -3.53. The Morgan fingerprint density at radius 2 is 1.65 bits per heavy atom. The smallest absolute Gasteiger partial charge is 0.256 e. The number of carbonyl (C=O) groups excluding carboxylic acids is 1. The summed E-state index contributed by atoms with van der Waals surface area (Å²) in [6, 6.07) is 22.8. The second-order valence-electron chi connectivity index (χ2n) is 6.06. The molecule has 4 heteroatoms. The van der Waals surface area contributed by atoms with E-state index in [0.29, 0.717) is 11.3 Å². The molecule has 0 unspecified atom stereocenters. The lowest BCUT2D eigenvalue weighted by atomic mass is 10.0. The standard InChI is InChI=1S/C22H17N3O/c1-15-8-2-4-10-18(15)25-22(26)17-14-21(20-12-6-7-13-23-20)24-19-11-5-3-9-16(17)19/h2-14H,1H3,(H,25,26). The molecule has 4 nitrogen and oxygen atoms in total. The molecule has 1 amide bonds. The maximum Gasteiger partial charge on any atom is 0.256 e. The molecule has 4 rings (SSSR count). The van der Waals surface area contributed by atoms with Gasteiger partial charge < -0.3 is 5.32 Å². The van der Waals surface area contributed by atoms with E-state index < -0.39 is 0 Å². The minimum absolute atomic E-state index is 0.157. The number of benzene rings is 2. The van der Waals surface area contributed by atoms with Crippen LogP contribution in [0.5, 0.6) is 0 Å². The fourth-order valence-electron chi connectivity index (χ4n) is 2.91. The summed E-state index contributed by atoms with van der Waals surface area (Å²) >= 11 is 0. The van der Waals surface area contributed by atoms with Gasteiger partial charge in [-0.15, -0.1) is 0 Å². The summed E-state index contributed by atoms with van der Waals surface area (Å²) in [4.78, 5) is 22.0. The fraction of sp³-hybridized carbons (Fsp3) is 0.0455. The number of carbonyl (C=O) groups is 1. The number of para-hydroxylation sites is 2. The first-order valence-electron chi connectivity index (χ1n) is 8.40. The van der Waals surface area contributed by atoms with Crippen LogP contribution in [0.25, 0.3) is 22.3 Å². The van der Waals surface area contributed by atoms with Crippen molar-refractivity contribution in [2.24, 2.45) is 0 Å². The van der Waals surface area contributed by atoms with Crippen molar-refractivity contribution in [3.05, 3.63) is 90.1 Å². The Morgan fingerprint density at radius 3 is 2.46 bits per heavy atom. The summed E-state index contributed by atoms with van der Waals surface area (Å²) in [5, 5.41) is 3.83. The Bertz CT molecular complexity index is 1090. The molecule has 126 valence electrons. The van der Waals surface area contributed by atoms with Gasteiger partial charge in [0.1, 0.15) is 0 Å². The van der Waals surface area contributed by atoms with E-state index in [1.807, 2.05) is 73.7 Å². The maximum atomic E-state index is 13.0. The second-order valence-corrected chi connectivity index (χ2v) is 6.06. The molecule has 0 spiro atoms. The molecule has 0 aliphatic heterocycles. The van der Waals surface area contributed by atoms with Gasteiger partial charge in [0, 0.05) is 17.3 Å². The Labute approximate surface area is 151 Å². The van der Waals surface area contributed by atoms with Gasteiger partial charge in [0.25, 0.3) is 5.91 Å². The first kappa shape index (κ1) is 16.0. The summed E-state index contributed by atoms with van der Waals surface area (Å²) < 4.78 is 0. The van der Waals surface area contributed by atoms with E-state index in [-0.39, 0.29) is 5.91 Å². The number of hydrogen-bond donors (Lipinski definition) is 1. The van der Waals surface area contributed by atoms with Crippen molar-refractivity contribution in [3.63, 3.8) is 0 Å². The lowest BCUT2D eigenvalue weighted by Crippen LogP contribution is -2.14. The minimum Gasteiger partial charge on any atom is -0.322 e. The van der Waals surface area contributed by atoms with Crippen molar-refractivity contribution < 1.29 is 4.79 Å². The Kier molecular flexibility index (Phi) is 4.15. The molecule has 26 heavy (non-hydrogen) atoms. The number of aromatic nitrogens is 2. The number of fused-ring (bicyclic) bond motifs is 1. The number of rotatable bonds is 3. The molecule has 0 fully saturated rings. The highest BCUT2D eigenvalue weighted by Gasteiger charge is 2.15. The second kappa shape index (κ2) is 6.76. The molecule has 0 radical (unpaired) electrons. The van der Waals surface area contributed by atoms with Crippen molar-refractivity contribution in [2.75, 3.05) is 5.32 Å². The third kappa shape index (κ3) is 3.05. The average molecular weight is 339 g/mol. The van der Waals surface area contributed by atoms with Crippen LogP contribution in [-0.2, 0) is 0 Å². The van der Waals surface area contributed by atoms with E-state index in [4.69, 9.17) is 0 Å². The number of hydrogen-bond acceptors (Lipinski definition) is 3. The highest BCUT2D eigenvalue weighted by molar-refractivity contribution is 6.13. The molecule has 1 N–H and O–H groups in total. The molecular weight excluding hydrogens is 322 g/mol. The summed E-state index contributed by atoms with van der Waals surface area (Å²) in [5.41, 5.74) is 4.59. The third-order valence-electron chi connectivity index (χ3n) is 4.28. The number of nitrogens with zero attached hydrogens (tertiary/aromatic N) is 2. The molecule has 2 aromatic heterocycles. The Morgan fingerprint density at radius 1 is 0.885 bits per heavy atom. The minimum atomic E-state index is -0.157. The third-order valence-corrected chi connectivity index (χ3v) is 4.28. The van der Waals surface area contributed by atoms with E-state index >= 15 is 0 Å². The number of nitrogens with one attached hydrogen (secondary N) is 1. The van der Waals surface area contributed by atoms with Crippen molar-refractivity contribution >= 4 is 22.5 Å². The molecule has 0 aliphatic rings. The van der Waals surface area contributed by atoms with E-state index in [1.165, 1.54) is 0 Å². The van der Waals surface area contributed by atoms with Crippen molar-refractivity contribution in [2.45, 2.75) is 6.92 Å². The van der Waals surface area contributed by atoms with Gasteiger partial charge in [-0.25, -0.2) is 4.98 Å². The predicted molar refractivity (Wildman–Crippen MR) is 104 cm³/mol. The van der Waals surface area contributed by atoms with Crippen molar-refractivity contribution in [1.82, 2.24) is 9.97 Å². The average Bonchev–Trinajstić information content (AvgIpc) is 2.69. The Balaban J connectivity index is 1.83. The van der Waals surface area contributed by atoms with Crippen molar-refractivity contribution in [1.29, 1.82) is 0 Å². The van der Waals surface area contributed by atoms with Crippen LogP contribution in [0.4, 0.5) is 5.69 Å². The zero-order valence-corrected chi connectivity index (χ0v) is 14.3. The van der Waals surface area contributed by atoms with Gasteiger partial charge in [0.2, 0.25) is 0 Å². The molecule has 2 aromatic carbocycles. The normalized spacial score (nSPS) is 10.7. The van der Waals surface area contributed by atoms with Crippen molar-refractivity contribution in [3.8, 4) is 11.4 Å². The lowest BCUT2D eigenvalue weighted by molar-refractivity contribution is 0.102. The summed E-state index contributed by atoms with van der Waals surface area (Å²) in [6.07, 6.45) is 1.72. The zero-order chi connectivity index (χ0) is 17.9. The van der Waals surface area contributed by atoms with Gasteiger partial charge in [-0.1, -0.05) is 42.5 Å². The molecule has 0 saturated carbocycles. The monoisotopic (exact) mass is 339 g/mol. The van der Waals surface area contributed by atoms with Gasteiger partial charge in [-0.3, -0.25) is 9.78 Å². The van der Waals surface area contributed by atoms with Crippen LogP contribution < -0.4 is 5.32 Å². The van der Waals surface area contributed by atoms with Crippen LogP contribution >= 0.6 is 0 Å². The molecule has 0 saturated heterocycles. The molecular formula is C22H17N3O. The van der Waals surface area contributed by atoms with E-state index in [2.05, 4.69) is 15.3 Å². The van der Waals surface area contributed by atoms with Gasteiger partial charge in [0.05, 0.1) is 22.5 Å². The molecule has 0 bridgehead atoms. The molecule has 2 heterocycles. The topological polar surface area (TPSA) is 54.9 Å².